The Balaban J connectivity index is 1.55. The second-order valence-electron chi connectivity index (χ2n) is 5.65. The number of ether oxygens (including phenoxy) is 1. The second-order valence-corrected chi connectivity index (χ2v) is 7.59. The summed E-state index contributed by atoms with van der Waals surface area (Å²) in [6, 6.07) is -0.428. The number of thioether (sulfide) groups is 1. The highest BCUT2D eigenvalue weighted by atomic mass is 32.2. The van der Waals surface area contributed by atoms with Gasteiger partial charge < -0.3 is 9.64 Å². The van der Waals surface area contributed by atoms with Crippen LogP contribution in [0.25, 0.3) is 0 Å². The SMILES string of the molecule is CCc1nc(COC(=O)[C@H]2CSCN2C(=O)C2CCC2)cs1. The molecule has 0 unspecified atom stereocenters. The van der Waals surface area contributed by atoms with Crippen molar-refractivity contribution in [2.24, 2.45) is 5.92 Å². The standard InChI is InChI=1S/C15H20N2O3S2/c1-2-13-16-11(7-22-13)6-20-15(19)12-8-21-9-17(12)14(18)10-4-3-5-10/h7,10,12H,2-6,8-9H2,1H3/t12-/m1/s1. The van der Waals surface area contributed by atoms with E-state index in [1.165, 1.54) is 0 Å². The van der Waals surface area contributed by atoms with Crippen LogP contribution in [0.3, 0.4) is 0 Å². The van der Waals surface area contributed by atoms with Crippen molar-refractivity contribution < 1.29 is 14.3 Å². The molecule has 1 aromatic rings. The largest absolute Gasteiger partial charge is 0.458 e. The summed E-state index contributed by atoms with van der Waals surface area (Å²) in [6.45, 7) is 2.25. The number of thiazole rings is 1. The zero-order valence-corrected chi connectivity index (χ0v) is 14.3. The maximum Gasteiger partial charge on any atom is 0.330 e. The average molecular weight is 340 g/mol. The molecule has 0 bridgehead atoms. The van der Waals surface area contributed by atoms with Crippen molar-refractivity contribution in [2.75, 3.05) is 11.6 Å². The van der Waals surface area contributed by atoms with Crippen molar-refractivity contribution >= 4 is 35.0 Å². The van der Waals surface area contributed by atoms with Crippen molar-refractivity contribution in [2.45, 2.75) is 45.3 Å². The lowest BCUT2D eigenvalue weighted by molar-refractivity contribution is -0.156. The molecule has 7 heteroatoms. The van der Waals surface area contributed by atoms with Gasteiger partial charge in [-0.05, 0) is 19.3 Å². The molecule has 2 fully saturated rings. The van der Waals surface area contributed by atoms with E-state index in [0.717, 1.165) is 36.4 Å². The van der Waals surface area contributed by atoms with E-state index in [9.17, 15) is 9.59 Å². The molecule has 120 valence electrons. The fraction of sp³-hybridized carbons (Fsp3) is 0.667. The summed E-state index contributed by atoms with van der Waals surface area (Å²) in [5, 5.41) is 2.97. The summed E-state index contributed by atoms with van der Waals surface area (Å²) in [7, 11) is 0. The normalized spacial score (nSPS) is 21.7. The number of amides is 1. The molecule has 1 aromatic heterocycles. The molecule has 0 spiro atoms. The van der Waals surface area contributed by atoms with Gasteiger partial charge in [-0.2, -0.15) is 0 Å². The summed E-state index contributed by atoms with van der Waals surface area (Å²) >= 11 is 3.20. The summed E-state index contributed by atoms with van der Waals surface area (Å²) in [5.74, 6) is 1.18. The Morgan fingerprint density at radius 1 is 1.45 bits per heavy atom. The molecule has 1 atom stereocenters. The van der Waals surface area contributed by atoms with Crippen LogP contribution in [0.4, 0.5) is 0 Å². The van der Waals surface area contributed by atoms with Crippen LogP contribution in [0.1, 0.15) is 36.9 Å². The summed E-state index contributed by atoms with van der Waals surface area (Å²) < 4.78 is 5.38. The van der Waals surface area contributed by atoms with Crippen LogP contribution in [0, 0.1) is 5.92 Å². The minimum absolute atomic E-state index is 0.125. The van der Waals surface area contributed by atoms with Gasteiger partial charge >= 0.3 is 5.97 Å². The van der Waals surface area contributed by atoms with Crippen LogP contribution in [0.2, 0.25) is 0 Å². The first kappa shape index (κ1) is 15.8. The molecule has 2 heterocycles. The van der Waals surface area contributed by atoms with E-state index in [1.807, 2.05) is 12.3 Å². The van der Waals surface area contributed by atoms with E-state index >= 15 is 0 Å². The number of hydrogen-bond donors (Lipinski definition) is 0. The van der Waals surface area contributed by atoms with Gasteiger partial charge in [-0.25, -0.2) is 9.78 Å². The number of nitrogens with zero attached hydrogens (tertiary/aromatic N) is 2. The first-order valence-electron chi connectivity index (χ1n) is 7.67. The van der Waals surface area contributed by atoms with E-state index in [1.54, 1.807) is 28.0 Å². The molecule has 22 heavy (non-hydrogen) atoms. The van der Waals surface area contributed by atoms with Crippen LogP contribution in [0.5, 0.6) is 0 Å². The van der Waals surface area contributed by atoms with Gasteiger partial charge in [0.1, 0.15) is 12.6 Å². The number of esters is 1. The topological polar surface area (TPSA) is 59.5 Å². The Bertz CT molecular complexity index is 557. The van der Waals surface area contributed by atoms with Gasteiger partial charge in [-0.3, -0.25) is 4.79 Å². The molecule has 1 saturated heterocycles. The smallest absolute Gasteiger partial charge is 0.330 e. The van der Waals surface area contributed by atoms with Gasteiger partial charge in [-0.15, -0.1) is 23.1 Å². The molecular weight excluding hydrogens is 320 g/mol. The monoisotopic (exact) mass is 340 g/mol. The van der Waals surface area contributed by atoms with Gasteiger partial charge in [0.2, 0.25) is 5.91 Å². The molecule has 0 radical (unpaired) electrons. The minimum atomic E-state index is -0.428. The molecule has 3 rings (SSSR count). The quantitative estimate of drug-likeness (QED) is 0.771. The molecule has 1 saturated carbocycles. The predicted octanol–water partition coefficient (Wildman–Crippen LogP) is 2.45. The van der Waals surface area contributed by atoms with E-state index in [2.05, 4.69) is 4.98 Å². The molecule has 1 aliphatic heterocycles. The fourth-order valence-corrected chi connectivity index (χ4v) is 4.44. The fourth-order valence-electron chi connectivity index (χ4n) is 2.56. The highest BCUT2D eigenvalue weighted by Crippen LogP contribution is 2.32. The molecule has 0 aromatic carbocycles. The Labute approximate surface area is 138 Å². The van der Waals surface area contributed by atoms with Crippen molar-refractivity contribution in [3.8, 4) is 0 Å². The number of carbonyl (C=O) groups is 2. The van der Waals surface area contributed by atoms with Crippen LogP contribution in [-0.4, -0.2) is 39.4 Å². The van der Waals surface area contributed by atoms with Crippen molar-refractivity contribution in [1.29, 1.82) is 0 Å². The minimum Gasteiger partial charge on any atom is -0.458 e. The Morgan fingerprint density at radius 2 is 2.27 bits per heavy atom. The zero-order chi connectivity index (χ0) is 15.5. The van der Waals surface area contributed by atoms with Crippen LogP contribution < -0.4 is 0 Å². The number of hydrogen-bond acceptors (Lipinski definition) is 6. The lowest BCUT2D eigenvalue weighted by Gasteiger charge is -2.31. The van der Waals surface area contributed by atoms with E-state index in [4.69, 9.17) is 4.74 Å². The van der Waals surface area contributed by atoms with Crippen molar-refractivity contribution in [3.63, 3.8) is 0 Å². The number of rotatable bonds is 5. The lowest BCUT2D eigenvalue weighted by Crippen LogP contribution is -2.46. The number of carbonyl (C=O) groups excluding carboxylic acids is 2. The third-order valence-corrected chi connectivity index (χ3v) is 6.21. The average Bonchev–Trinajstić information content (AvgIpc) is 3.11. The Morgan fingerprint density at radius 3 is 2.91 bits per heavy atom. The van der Waals surface area contributed by atoms with Crippen molar-refractivity contribution in [3.05, 3.63) is 16.1 Å². The molecule has 2 aliphatic rings. The molecular formula is C15H20N2O3S2. The zero-order valence-electron chi connectivity index (χ0n) is 12.6. The lowest BCUT2D eigenvalue weighted by atomic mass is 9.84. The summed E-state index contributed by atoms with van der Waals surface area (Å²) in [6.07, 6.45) is 3.93. The van der Waals surface area contributed by atoms with E-state index in [0.29, 0.717) is 11.6 Å². The molecule has 5 nitrogen and oxygen atoms in total. The van der Waals surface area contributed by atoms with Gasteiger partial charge in [0.25, 0.3) is 0 Å². The molecule has 1 amide bonds. The van der Waals surface area contributed by atoms with Gasteiger partial charge in [0.05, 0.1) is 16.6 Å². The Hall–Kier alpha value is -1.08. The number of aromatic nitrogens is 1. The predicted molar refractivity (Wildman–Crippen MR) is 86.6 cm³/mol. The van der Waals surface area contributed by atoms with Crippen molar-refractivity contribution in [1.82, 2.24) is 9.88 Å². The van der Waals surface area contributed by atoms with Crippen LogP contribution >= 0.6 is 23.1 Å². The maximum atomic E-state index is 12.4. The summed E-state index contributed by atoms with van der Waals surface area (Å²) in [4.78, 5) is 30.7. The van der Waals surface area contributed by atoms with E-state index < -0.39 is 6.04 Å². The second kappa shape index (κ2) is 7.00. The highest BCUT2D eigenvalue weighted by molar-refractivity contribution is 7.99. The van der Waals surface area contributed by atoms with Gasteiger partial charge in [0, 0.05) is 17.1 Å². The van der Waals surface area contributed by atoms with E-state index in [-0.39, 0.29) is 24.4 Å². The maximum absolute atomic E-state index is 12.4. The van der Waals surface area contributed by atoms with Gasteiger partial charge in [0.15, 0.2) is 0 Å². The van der Waals surface area contributed by atoms with Crippen LogP contribution in [-0.2, 0) is 27.4 Å². The highest BCUT2D eigenvalue weighted by Gasteiger charge is 2.40. The molecule has 1 aliphatic carbocycles. The molecule has 0 N–H and O–H groups in total. The first-order chi connectivity index (χ1) is 10.7. The number of aryl methyl sites for hydroxylation is 1. The Kier molecular flexibility index (Phi) is 5.03. The summed E-state index contributed by atoms with van der Waals surface area (Å²) in [5.41, 5.74) is 0.790. The third kappa shape index (κ3) is 3.30. The van der Waals surface area contributed by atoms with Gasteiger partial charge in [-0.1, -0.05) is 13.3 Å². The first-order valence-corrected chi connectivity index (χ1v) is 9.70. The third-order valence-electron chi connectivity index (χ3n) is 4.16. The van der Waals surface area contributed by atoms with Crippen LogP contribution in [0.15, 0.2) is 5.38 Å².